The number of aromatic nitrogens is 2. The smallest absolute Gasteiger partial charge is 0.318 e. The van der Waals surface area contributed by atoms with Crippen LogP contribution >= 0.6 is 0 Å². The van der Waals surface area contributed by atoms with Crippen molar-refractivity contribution in [2.45, 2.75) is 26.4 Å². The Morgan fingerprint density at radius 1 is 1.50 bits per heavy atom. The Labute approximate surface area is 95.0 Å². The minimum absolute atomic E-state index is 0.293. The Kier molecular flexibility index (Phi) is 3.74. The van der Waals surface area contributed by atoms with Gasteiger partial charge in [-0.1, -0.05) is 12.0 Å². The van der Waals surface area contributed by atoms with E-state index in [1.165, 1.54) is 0 Å². The molecule has 6 heteroatoms. The van der Waals surface area contributed by atoms with Crippen LogP contribution in [0.1, 0.15) is 19.7 Å². The molecule has 0 bridgehead atoms. The summed E-state index contributed by atoms with van der Waals surface area (Å²) in [6.45, 7) is 7.90. The van der Waals surface area contributed by atoms with E-state index in [-0.39, 0.29) is 0 Å². The second-order valence-electron chi connectivity index (χ2n) is 3.88. The maximum Gasteiger partial charge on any atom is 0.318 e. The van der Waals surface area contributed by atoms with Crippen LogP contribution in [0.3, 0.4) is 0 Å². The molecule has 90 valence electrons. The second kappa shape index (κ2) is 5.27. The zero-order valence-electron chi connectivity index (χ0n) is 9.77. The number of nitrogens with zero attached hydrogens (tertiary/aromatic N) is 3. The van der Waals surface area contributed by atoms with Gasteiger partial charge in [0.05, 0.1) is 25.8 Å². The van der Waals surface area contributed by atoms with E-state index in [2.05, 4.69) is 27.3 Å². The summed E-state index contributed by atoms with van der Waals surface area (Å²) in [6, 6.07) is 0.893. The van der Waals surface area contributed by atoms with Crippen molar-refractivity contribution in [1.82, 2.24) is 15.5 Å². The second-order valence-corrected chi connectivity index (χ2v) is 3.88. The molecular weight excluding hydrogens is 208 g/mol. The van der Waals surface area contributed by atoms with Gasteiger partial charge in [0.2, 0.25) is 5.89 Å². The molecule has 0 saturated carbocycles. The molecule has 0 radical (unpaired) electrons. The molecule has 2 heterocycles. The van der Waals surface area contributed by atoms with Crippen LogP contribution in [0.15, 0.2) is 4.42 Å². The van der Waals surface area contributed by atoms with E-state index < -0.39 is 0 Å². The van der Waals surface area contributed by atoms with Gasteiger partial charge in [0.25, 0.3) is 0 Å². The topological polar surface area (TPSA) is 63.4 Å². The highest BCUT2D eigenvalue weighted by molar-refractivity contribution is 5.26. The summed E-state index contributed by atoms with van der Waals surface area (Å²) in [5.41, 5.74) is 0. The number of hydrogen-bond donors (Lipinski definition) is 1. The molecule has 1 atom stereocenters. The molecule has 1 unspecified atom stereocenters. The number of ether oxygens (including phenoxy) is 1. The summed E-state index contributed by atoms with van der Waals surface area (Å²) in [5, 5.41) is 11.2. The van der Waals surface area contributed by atoms with Crippen molar-refractivity contribution in [3.05, 3.63) is 5.89 Å². The van der Waals surface area contributed by atoms with Crippen molar-refractivity contribution in [1.29, 1.82) is 0 Å². The predicted molar refractivity (Wildman–Crippen MR) is 59.3 cm³/mol. The molecule has 0 spiro atoms. The minimum atomic E-state index is 0.293. The van der Waals surface area contributed by atoms with Crippen molar-refractivity contribution >= 4 is 6.01 Å². The SMILES string of the molecule is CCNCc1nnc(N2CCOCC2C)o1. The van der Waals surface area contributed by atoms with Crippen LogP contribution in [0.5, 0.6) is 0 Å². The van der Waals surface area contributed by atoms with Crippen LogP contribution in [-0.2, 0) is 11.3 Å². The average Bonchev–Trinajstić information content (AvgIpc) is 2.75. The van der Waals surface area contributed by atoms with Gasteiger partial charge >= 0.3 is 6.01 Å². The lowest BCUT2D eigenvalue weighted by atomic mass is 10.3. The third-order valence-corrected chi connectivity index (χ3v) is 2.60. The van der Waals surface area contributed by atoms with Gasteiger partial charge < -0.3 is 19.4 Å². The van der Waals surface area contributed by atoms with Crippen molar-refractivity contribution in [3.8, 4) is 0 Å². The van der Waals surface area contributed by atoms with Crippen LogP contribution in [-0.4, -0.2) is 42.5 Å². The van der Waals surface area contributed by atoms with Crippen LogP contribution < -0.4 is 10.2 Å². The molecule has 1 aliphatic rings. The van der Waals surface area contributed by atoms with E-state index >= 15 is 0 Å². The molecule has 1 aromatic heterocycles. The molecule has 0 aliphatic carbocycles. The first-order chi connectivity index (χ1) is 7.81. The average molecular weight is 226 g/mol. The zero-order chi connectivity index (χ0) is 11.4. The maximum absolute atomic E-state index is 5.58. The summed E-state index contributed by atoms with van der Waals surface area (Å²) in [4.78, 5) is 2.09. The van der Waals surface area contributed by atoms with Crippen molar-refractivity contribution in [2.75, 3.05) is 31.2 Å². The van der Waals surface area contributed by atoms with Gasteiger partial charge in [-0.2, -0.15) is 0 Å². The van der Waals surface area contributed by atoms with Gasteiger partial charge in [0.15, 0.2) is 0 Å². The van der Waals surface area contributed by atoms with Gasteiger partial charge in [-0.05, 0) is 13.5 Å². The Bertz CT molecular complexity index is 328. The summed E-state index contributed by atoms with van der Waals surface area (Å²) in [6.07, 6.45) is 0. The number of morpholine rings is 1. The van der Waals surface area contributed by atoms with E-state index in [0.29, 0.717) is 31.1 Å². The lowest BCUT2D eigenvalue weighted by Crippen LogP contribution is -2.43. The third kappa shape index (κ3) is 2.51. The highest BCUT2D eigenvalue weighted by Crippen LogP contribution is 2.17. The molecule has 1 saturated heterocycles. The Morgan fingerprint density at radius 2 is 2.38 bits per heavy atom. The van der Waals surface area contributed by atoms with E-state index in [1.54, 1.807) is 0 Å². The fraction of sp³-hybridized carbons (Fsp3) is 0.800. The minimum Gasteiger partial charge on any atom is -0.407 e. The number of hydrogen-bond acceptors (Lipinski definition) is 6. The van der Waals surface area contributed by atoms with Gasteiger partial charge in [-0.3, -0.25) is 0 Å². The molecule has 2 rings (SSSR count). The molecule has 1 aromatic rings. The van der Waals surface area contributed by atoms with Crippen LogP contribution in [0, 0.1) is 0 Å². The van der Waals surface area contributed by atoms with Crippen molar-refractivity contribution < 1.29 is 9.15 Å². The Morgan fingerprint density at radius 3 is 3.12 bits per heavy atom. The van der Waals surface area contributed by atoms with E-state index in [1.807, 2.05) is 6.92 Å². The molecule has 1 aliphatic heterocycles. The van der Waals surface area contributed by atoms with Gasteiger partial charge in [-0.25, -0.2) is 0 Å². The fourth-order valence-electron chi connectivity index (χ4n) is 1.68. The monoisotopic (exact) mass is 226 g/mol. The standard InChI is InChI=1S/C10H18N4O2/c1-3-11-6-9-12-13-10(16-9)14-4-5-15-7-8(14)2/h8,11H,3-7H2,1-2H3. The summed E-state index contributed by atoms with van der Waals surface area (Å²) in [7, 11) is 0. The van der Waals surface area contributed by atoms with Crippen molar-refractivity contribution in [2.24, 2.45) is 0 Å². The predicted octanol–water partition coefficient (Wildman–Crippen LogP) is 0.404. The van der Waals surface area contributed by atoms with Gasteiger partial charge in [-0.15, -0.1) is 5.10 Å². The quantitative estimate of drug-likeness (QED) is 0.802. The molecule has 1 fully saturated rings. The Hall–Kier alpha value is -1.14. The van der Waals surface area contributed by atoms with E-state index in [0.717, 1.165) is 19.7 Å². The molecule has 0 aromatic carbocycles. The first kappa shape index (κ1) is 11.3. The largest absolute Gasteiger partial charge is 0.407 e. The summed E-state index contributed by atoms with van der Waals surface area (Å²) >= 11 is 0. The van der Waals surface area contributed by atoms with E-state index in [4.69, 9.17) is 9.15 Å². The molecule has 6 nitrogen and oxygen atoms in total. The van der Waals surface area contributed by atoms with Gasteiger partial charge in [0, 0.05) is 6.54 Å². The molecular formula is C10H18N4O2. The maximum atomic E-state index is 5.58. The summed E-state index contributed by atoms with van der Waals surface area (Å²) in [5.74, 6) is 0.635. The highest BCUT2D eigenvalue weighted by Gasteiger charge is 2.23. The van der Waals surface area contributed by atoms with Crippen LogP contribution in [0.4, 0.5) is 6.01 Å². The molecule has 1 N–H and O–H groups in total. The normalized spacial score (nSPS) is 21.4. The van der Waals surface area contributed by atoms with Crippen LogP contribution in [0.25, 0.3) is 0 Å². The van der Waals surface area contributed by atoms with Crippen LogP contribution in [0.2, 0.25) is 0 Å². The molecule has 0 amide bonds. The van der Waals surface area contributed by atoms with Crippen molar-refractivity contribution in [3.63, 3.8) is 0 Å². The van der Waals surface area contributed by atoms with E-state index in [9.17, 15) is 0 Å². The number of rotatable bonds is 4. The number of nitrogens with one attached hydrogen (secondary N) is 1. The Balaban J connectivity index is 1.99. The summed E-state index contributed by atoms with van der Waals surface area (Å²) < 4.78 is 10.9. The first-order valence-corrected chi connectivity index (χ1v) is 5.68. The zero-order valence-corrected chi connectivity index (χ0v) is 9.77. The lowest BCUT2D eigenvalue weighted by Gasteiger charge is -2.31. The lowest BCUT2D eigenvalue weighted by molar-refractivity contribution is 0.0959. The molecule has 16 heavy (non-hydrogen) atoms. The first-order valence-electron chi connectivity index (χ1n) is 5.68. The third-order valence-electron chi connectivity index (χ3n) is 2.60. The van der Waals surface area contributed by atoms with Gasteiger partial charge in [0.1, 0.15) is 0 Å². The highest BCUT2D eigenvalue weighted by atomic mass is 16.5. The number of anilines is 1. The fourth-order valence-corrected chi connectivity index (χ4v) is 1.68.